The summed E-state index contributed by atoms with van der Waals surface area (Å²) in [6.45, 7) is -1.57. The van der Waals surface area contributed by atoms with E-state index < -0.39 is 12.5 Å². The average molecular weight is 376 g/mol. The van der Waals surface area contributed by atoms with Crippen LogP contribution in [0.5, 0.6) is 11.5 Å². The molecule has 0 atom stereocenters. The molecule has 0 unspecified atom stereocenters. The zero-order valence-corrected chi connectivity index (χ0v) is 14.7. The molecule has 27 heavy (non-hydrogen) atoms. The third-order valence-electron chi connectivity index (χ3n) is 3.28. The van der Waals surface area contributed by atoms with Crippen molar-refractivity contribution in [2.24, 2.45) is 0 Å². The van der Waals surface area contributed by atoms with E-state index in [0.717, 1.165) is 0 Å². The number of nitrogens with one attached hydrogen (secondary N) is 2. The second-order valence-corrected chi connectivity index (χ2v) is 5.37. The molecule has 0 radical (unpaired) electrons. The van der Waals surface area contributed by atoms with E-state index in [0.29, 0.717) is 16.9 Å². The molecule has 142 valence electrons. The molecule has 0 aliphatic carbocycles. The molecule has 2 aromatic rings. The molecule has 0 aliphatic heterocycles. The van der Waals surface area contributed by atoms with E-state index >= 15 is 0 Å². The van der Waals surface area contributed by atoms with Crippen molar-refractivity contribution in [3.8, 4) is 11.5 Å². The summed E-state index contributed by atoms with van der Waals surface area (Å²) in [5.74, 6) is -0.585. The van der Waals surface area contributed by atoms with Crippen LogP contribution in [0.3, 0.4) is 0 Å². The van der Waals surface area contributed by atoms with Gasteiger partial charge in [0.1, 0.15) is 0 Å². The first kappa shape index (κ1) is 19.9. The molecule has 0 bridgehead atoms. The topological polar surface area (TPSA) is 76.7 Å². The summed E-state index contributed by atoms with van der Waals surface area (Å²) in [4.78, 5) is 23.1. The highest BCUT2D eigenvalue weighted by Gasteiger charge is 2.10. The maximum absolute atomic E-state index is 12.3. The lowest BCUT2D eigenvalue weighted by atomic mass is 10.2. The Morgan fingerprint density at radius 3 is 2.37 bits per heavy atom. The standard InChI is InChI=1S/C19H18F2N2O4/c1-12(24)22-14-4-3-5-15(11-14)23-18(25)9-7-13-6-8-16(27-19(20)21)17(10-13)26-2/h3-11,19H,1-2H3,(H,22,24)(H,23,25)/b9-7+. The molecular formula is C19H18F2N2O4. The summed E-state index contributed by atoms with van der Waals surface area (Å²) in [7, 11) is 1.33. The van der Waals surface area contributed by atoms with Gasteiger partial charge in [0.05, 0.1) is 7.11 Å². The minimum Gasteiger partial charge on any atom is -0.493 e. The lowest BCUT2D eigenvalue weighted by molar-refractivity contribution is -0.114. The first-order valence-electron chi connectivity index (χ1n) is 7.87. The number of carbonyl (C=O) groups is 2. The summed E-state index contributed by atoms with van der Waals surface area (Å²) >= 11 is 0. The van der Waals surface area contributed by atoms with Gasteiger partial charge in [0.2, 0.25) is 11.8 Å². The number of halogens is 2. The van der Waals surface area contributed by atoms with Gasteiger partial charge in [0, 0.05) is 24.4 Å². The van der Waals surface area contributed by atoms with Crippen LogP contribution in [0.15, 0.2) is 48.5 Å². The molecular weight excluding hydrogens is 358 g/mol. The number of hydrogen-bond donors (Lipinski definition) is 2. The Morgan fingerprint density at radius 2 is 1.74 bits per heavy atom. The molecule has 2 rings (SSSR count). The zero-order valence-electron chi connectivity index (χ0n) is 14.7. The Bertz CT molecular complexity index is 853. The van der Waals surface area contributed by atoms with Crippen LogP contribution < -0.4 is 20.1 Å². The van der Waals surface area contributed by atoms with Crippen LogP contribution in [-0.2, 0) is 9.59 Å². The molecule has 0 fully saturated rings. The summed E-state index contributed by atoms with van der Waals surface area (Å²) < 4.78 is 34.0. The molecule has 0 aliphatic rings. The van der Waals surface area contributed by atoms with Crippen molar-refractivity contribution in [2.45, 2.75) is 13.5 Å². The van der Waals surface area contributed by atoms with Crippen molar-refractivity contribution in [1.29, 1.82) is 0 Å². The quantitative estimate of drug-likeness (QED) is 0.719. The number of anilines is 2. The Balaban J connectivity index is 2.05. The Labute approximate surface area is 154 Å². The van der Waals surface area contributed by atoms with E-state index in [-0.39, 0.29) is 17.4 Å². The van der Waals surface area contributed by atoms with Gasteiger partial charge in [-0.1, -0.05) is 12.1 Å². The molecule has 2 amide bonds. The van der Waals surface area contributed by atoms with Crippen LogP contribution in [0, 0.1) is 0 Å². The number of rotatable bonds is 7. The predicted molar refractivity (Wildman–Crippen MR) is 98.0 cm³/mol. The number of amides is 2. The molecule has 0 saturated heterocycles. The molecule has 0 aromatic heterocycles. The average Bonchev–Trinajstić information content (AvgIpc) is 2.60. The van der Waals surface area contributed by atoms with E-state index in [4.69, 9.17) is 4.74 Å². The fourth-order valence-electron chi connectivity index (χ4n) is 2.21. The van der Waals surface area contributed by atoms with Crippen LogP contribution in [0.1, 0.15) is 12.5 Å². The minimum atomic E-state index is -2.96. The molecule has 0 saturated carbocycles. The van der Waals surface area contributed by atoms with Gasteiger partial charge in [-0.3, -0.25) is 9.59 Å². The normalized spacial score (nSPS) is 10.7. The number of alkyl halides is 2. The Hall–Kier alpha value is -3.42. The van der Waals surface area contributed by atoms with Crippen LogP contribution in [0.4, 0.5) is 20.2 Å². The minimum absolute atomic E-state index is 0.0936. The first-order valence-corrected chi connectivity index (χ1v) is 7.87. The highest BCUT2D eigenvalue weighted by Crippen LogP contribution is 2.29. The third kappa shape index (κ3) is 6.43. The molecule has 0 spiro atoms. The van der Waals surface area contributed by atoms with Crippen LogP contribution in [0.2, 0.25) is 0 Å². The Kier molecular flexibility index (Phi) is 6.87. The number of hydrogen-bond acceptors (Lipinski definition) is 4. The second kappa shape index (κ2) is 9.33. The van der Waals surface area contributed by atoms with Crippen molar-refractivity contribution in [3.05, 3.63) is 54.1 Å². The number of benzene rings is 2. The number of carbonyl (C=O) groups excluding carboxylic acids is 2. The summed E-state index contributed by atoms with van der Waals surface area (Å²) in [6.07, 6.45) is 2.79. The molecule has 8 heteroatoms. The highest BCUT2D eigenvalue weighted by atomic mass is 19.3. The van der Waals surface area contributed by atoms with Crippen LogP contribution in [0.25, 0.3) is 6.08 Å². The van der Waals surface area contributed by atoms with E-state index in [9.17, 15) is 18.4 Å². The van der Waals surface area contributed by atoms with Crippen molar-refractivity contribution in [2.75, 3.05) is 17.7 Å². The van der Waals surface area contributed by atoms with Gasteiger partial charge in [-0.2, -0.15) is 8.78 Å². The number of ether oxygens (including phenoxy) is 2. The highest BCUT2D eigenvalue weighted by molar-refractivity contribution is 6.02. The summed E-state index contributed by atoms with van der Waals surface area (Å²) in [6, 6.07) is 11.0. The van der Waals surface area contributed by atoms with Gasteiger partial charge in [0.15, 0.2) is 11.5 Å². The van der Waals surface area contributed by atoms with Gasteiger partial charge in [-0.05, 0) is 42.0 Å². The maximum atomic E-state index is 12.3. The molecule has 2 N–H and O–H groups in total. The second-order valence-electron chi connectivity index (χ2n) is 5.37. The van der Waals surface area contributed by atoms with E-state index in [2.05, 4.69) is 15.4 Å². The summed E-state index contributed by atoms with van der Waals surface area (Å²) in [5.41, 5.74) is 1.63. The van der Waals surface area contributed by atoms with Crippen molar-refractivity contribution in [3.63, 3.8) is 0 Å². The van der Waals surface area contributed by atoms with Gasteiger partial charge >= 0.3 is 6.61 Å². The smallest absolute Gasteiger partial charge is 0.387 e. The molecule has 0 heterocycles. The maximum Gasteiger partial charge on any atom is 0.387 e. The third-order valence-corrected chi connectivity index (χ3v) is 3.28. The van der Waals surface area contributed by atoms with E-state index in [1.54, 1.807) is 24.3 Å². The van der Waals surface area contributed by atoms with E-state index in [1.807, 2.05) is 0 Å². The fraction of sp³-hybridized carbons (Fsp3) is 0.158. The zero-order chi connectivity index (χ0) is 19.8. The van der Waals surface area contributed by atoms with Crippen molar-refractivity contribution in [1.82, 2.24) is 0 Å². The van der Waals surface area contributed by atoms with Crippen LogP contribution in [-0.4, -0.2) is 25.5 Å². The molecule has 2 aromatic carbocycles. The number of methoxy groups -OCH3 is 1. The fourth-order valence-corrected chi connectivity index (χ4v) is 2.21. The first-order chi connectivity index (χ1) is 12.9. The van der Waals surface area contributed by atoms with Gasteiger partial charge in [0.25, 0.3) is 0 Å². The summed E-state index contributed by atoms with van der Waals surface area (Å²) in [5, 5.41) is 5.28. The van der Waals surface area contributed by atoms with Crippen molar-refractivity contribution >= 4 is 29.3 Å². The van der Waals surface area contributed by atoms with Gasteiger partial charge < -0.3 is 20.1 Å². The van der Waals surface area contributed by atoms with Gasteiger partial charge in [-0.15, -0.1) is 0 Å². The van der Waals surface area contributed by atoms with Gasteiger partial charge in [-0.25, -0.2) is 0 Å². The van der Waals surface area contributed by atoms with E-state index in [1.165, 1.54) is 44.4 Å². The monoisotopic (exact) mass is 376 g/mol. The largest absolute Gasteiger partial charge is 0.493 e. The Morgan fingerprint density at radius 1 is 1.04 bits per heavy atom. The molecule has 6 nitrogen and oxygen atoms in total. The van der Waals surface area contributed by atoms with Crippen LogP contribution >= 0.6 is 0 Å². The lowest BCUT2D eigenvalue weighted by Crippen LogP contribution is -2.09. The predicted octanol–water partition coefficient (Wildman–Crippen LogP) is 3.91. The van der Waals surface area contributed by atoms with Crippen molar-refractivity contribution < 1.29 is 27.8 Å². The lowest BCUT2D eigenvalue weighted by Gasteiger charge is -2.10. The SMILES string of the molecule is COc1cc(/C=C/C(=O)Nc2cccc(NC(C)=O)c2)ccc1OC(F)F.